The van der Waals surface area contributed by atoms with E-state index in [0.717, 1.165) is 32.7 Å². The summed E-state index contributed by atoms with van der Waals surface area (Å²) in [6.07, 6.45) is 9.81. The van der Waals surface area contributed by atoms with Gasteiger partial charge in [0.2, 0.25) is 0 Å². The maximum Gasteiger partial charge on any atom is 0.0807 e. The van der Waals surface area contributed by atoms with Gasteiger partial charge in [-0.25, -0.2) is 0 Å². The summed E-state index contributed by atoms with van der Waals surface area (Å²) in [5, 5.41) is 3.56. The monoisotopic (exact) mass is 301 g/mol. The molecule has 4 heteroatoms. The van der Waals surface area contributed by atoms with Crippen molar-refractivity contribution in [1.29, 1.82) is 0 Å². The summed E-state index contributed by atoms with van der Waals surface area (Å²) in [5.41, 5.74) is 0.0432. The summed E-state index contributed by atoms with van der Waals surface area (Å²) in [5.74, 6) is 0. The fourth-order valence-corrected chi connectivity index (χ4v) is 2.96. The van der Waals surface area contributed by atoms with Gasteiger partial charge in [0.05, 0.1) is 18.8 Å². The zero-order valence-electron chi connectivity index (χ0n) is 14.1. The van der Waals surface area contributed by atoms with Crippen molar-refractivity contribution in [2.24, 2.45) is 0 Å². The van der Waals surface area contributed by atoms with E-state index in [1.165, 1.54) is 44.9 Å². The molecule has 1 saturated carbocycles. The molecule has 0 atom stereocenters. The second kappa shape index (κ2) is 12.4. The molecule has 0 heterocycles. The summed E-state index contributed by atoms with van der Waals surface area (Å²) in [4.78, 5) is 0. The third-order valence-electron chi connectivity index (χ3n) is 4.16. The van der Waals surface area contributed by atoms with Gasteiger partial charge in [-0.2, -0.15) is 0 Å². The van der Waals surface area contributed by atoms with Gasteiger partial charge in [0, 0.05) is 26.9 Å². The first-order chi connectivity index (χ1) is 10.3. The third-order valence-corrected chi connectivity index (χ3v) is 4.16. The van der Waals surface area contributed by atoms with E-state index in [2.05, 4.69) is 12.2 Å². The van der Waals surface area contributed by atoms with Crippen LogP contribution < -0.4 is 5.32 Å². The van der Waals surface area contributed by atoms with Crippen LogP contribution in [0, 0.1) is 0 Å². The second-order valence-corrected chi connectivity index (χ2v) is 6.08. The number of hydrogen-bond donors (Lipinski definition) is 1. The molecule has 1 N–H and O–H groups in total. The van der Waals surface area contributed by atoms with Crippen LogP contribution in [0.4, 0.5) is 0 Å². The van der Waals surface area contributed by atoms with Crippen molar-refractivity contribution in [2.75, 3.05) is 46.6 Å². The number of ether oxygens (including phenoxy) is 3. The van der Waals surface area contributed by atoms with Crippen molar-refractivity contribution in [2.45, 2.75) is 63.9 Å². The predicted octanol–water partition coefficient (Wildman–Crippen LogP) is 3.15. The van der Waals surface area contributed by atoms with E-state index in [9.17, 15) is 0 Å². The van der Waals surface area contributed by atoms with Gasteiger partial charge in [0.15, 0.2) is 0 Å². The fourth-order valence-electron chi connectivity index (χ4n) is 2.96. The average molecular weight is 301 g/mol. The van der Waals surface area contributed by atoms with Crippen molar-refractivity contribution >= 4 is 0 Å². The van der Waals surface area contributed by atoms with Crippen LogP contribution in [0.1, 0.15) is 58.3 Å². The standard InChI is InChI=1S/C17H35NO3/c1-3-11-18-16-17(9-6-4-5-7-10-17)21-15-14-20-13-8-12-19-2/h18H,3-16H2,1-2H3. The van der Waals surface area contributed by atoms with E-state index >= 15 is 0 Å². The van der Waals surface area contributed by atoms with E-state index in [0.29, 0.717) is 13.2 Å². The lowest BCUT2D eigenvalue weighted by Crippen LogP contribution is -2.43. The van der Waals surface area contributed by atoms with E-state index in [-0.39, 0.29) is 5.60 Å². The van der Waals surface area contributed by atoms with Crippen molar-refractivity contribution < 1.29 is 14.2 Å². The van der Waals surface area contributed by atoms with Gasteiger partial charge < -0.3 is 19.5 Å². The van der Waals surface area contributed by atoms with Crippen LogP contribution in [0.15, 0.2) is 0 Å². The molecular formula is C17H35NO3. The molecule has 0 amide bonds. The zero-order chi connectivity index (χ0) is 15.2. The van der Waals surface area contributed by atoms with Gasteiger partial charge in [-0.15, -0.1) is 0 Å². The SMILES string of the molecule is CCCNCC1(OCCOCCCOC)CCCCCC1. The number of nitrogens with one attached hydrogen (secondary N) is 1. The molecule has 0 aromatic heterocycles. The Morgan fingerprint density at radius 1 is 0.952 bits per heavy atom. The van der Waals surface area contributed by atoms with Crippen molar-refractivity contribution in [3.63, 3.8) is 0 Å². The molecule has 1 fully saturated rings. The Bertz CT molecular complexity index is 228. The first-order valence-corrected chi connectivity index (χ1v) is 8.74. The second-order valence-electron chi connectivity index (χ2n) is 6.08. The average Bonchev–Trinajstić information content (AvgIpc) is 2.73. The van der Waals surface area contributed by atoms with Gasteiger partial charge in [-0.05, 0) is 32.2 Å². The number of rotatable bonds is 12. The van der Waals surface area contributed by atoms with Gasteiger partial charge in [-0.3, -0.25) is 0 Å². The van der Waals surface area contributed by atoms with Crippen LogP contribution in [0.3, 0.4) is 0 Å². The summed E-state index contributed by atoms with van der Waals surface area (Å²) < 4.78 is 16.9. The van der Waals surface area contributed by atoms with Crippen molar-refractivity contribution in [1.82, 2.24) is 5.32 Å². The molecule has 0 bridgehead atoms. The Balaban J connectivity index is 2.24. The first-order valence-electron chi connectivity index (χ1n) is 8.74. The van der Waals surface area contributed by atoms with Gasteiger partial charge in [0.25, 0.3) is 0 Å². The van der Waals surface area contributed by atoms with Crippen LogP contribution >= 0.6 is 0 Å². The number of hydrogen-bond acceptors (Lipinski definition) is 4. The van der Waals surface area contributed by atoms with E-state index in [4.69, 9.17) is 14.2 Å². The summed E-state index contributed by atoms with van der Waals surface area (Å²) in [7, 11) is 1.72. The van der Waals surface area contributed by atoms with E-state index in [1.807, 2.05) is 0 Å². The molecule has 4 nitrogen and oxygen atoms in total. The first kappa shape index (κ1) is 18.9. The number of methoxy groups -OCH3 is 1. The maximum absolute atomic E-state index is 6.28. The summed E-state index contributed by atoms with van der Waals surface area (Å²) >= 11 is 0. The maximum atomic E-state index is 6.28. The predicted molar refractivity (Wildman–Crippen MR) is 86.9 cm³/mol. The lowest BCUT2D eigenvalue weighted by molar-refractivity contribution is -0.0758. The highest BCUT2D eigenvalue weighted by atomic mass is 16.5. The smallest absolute Gasteiger partial charge is 0.0807 e. The minimum Gasteiger partial charge on any atom is -0.385 e. The van der Waals surface area contributed by atoms with Gasteiger partial charge in [-0.1, -0.05) is 32.6 Å². The van der Waals surface area contributed by atoms with Crippen molar-refractivity contribution in [3.8, 4) is 0 Å². The molecule has 1 rings (SSSR count). The Kier molecular flexibility index (Phi) is 11.1. The Hall–Kier alpha value is -0.160. The Labute approximate surface area is 130 Å². The molecule has 0 spiro atoms. The normalized spacial score (nSPS) is 18.6. The van der Waals surface area contributed by atoms with Crippen LogP contribution in [-0.4, -0.2) is 52.2 Å². The highest BCUT2D eigenvalue weighted by molar-refractivity contribution is 4.85. The summed E-state index contributed by atoms with van der Waals surface area (Å²) in [6, 6.07) is 0. The largest absolute Gasteiger partial charge is 0.385 e. The molecule has 0 unspecified atom stereocenters. The minimum absolute atomic E-state index is 0.0432. The quantitative estimate of drug-likeness (QED) is 0.444. The molecular weight excluding hydrogens is 266 g/mol. The zero-order valence-corrected chi connectivity index (χ0v) is 14.1. The molecule has 0 aromatic carbocycles. The molecule has 1 aliphatic rings. The molecule has 21 heavy (non-hydrogen) atoms. The van der Waals surface area contributed by atoms with Crippen molar-refractivity contribution in [3.05, 3.63) is 0 Å². The lowest BCUT2D eigenvalue weighted by Gasteiger charge is -2.33. The van der Waals surface area contributed by atoms with Crippen LogP contribution in [0.5, 0.6) is 0 Å². The van der Waals surface area contributed by atoms with Gasteiger partial charge in [0.1, 0.15) is 0 Å². The summed E-state index contributed by atoms with van der Waals surface area (Å²) in [6.45, 7) is 7.22. The molecule has 0 radical (unpaired) electrons. The van der Waals surface area contributed by atoms with Crippen LogP contribution in [-0.2, 0) is 14.2 Å². The third kappa shape index (κ3) is 8.77. The van der Waals surface area contributed by atoms with E-state index < -0.39 is 0 Å². The highest BCUT2D eigenvalue weighted by Crippen LogP contribution is 2.30. The topological polar surface area (TPSA) is 39.7 Å². The van der Waals surface area contributed by atoms with Gasteiger partial charge >= 0.3 is 0 Å². The molecule has 0 saturated heterocycles. The highest BCUT2D eigenvalue weighted by Gasteiger charge is 2.31. The lowest BCUT2D eigenvalue weighted by atomic mass is 9.94. The van der Waals surface area contributed by atoms with Crippen LogP contribution in [0.25, 0.3) is 0 Å². The van der Waals surface area contributed by atoms with E-state index in [1.54, 1.807) is 7.11 Å². The Morgan fingerprint density at radius 3 is 2.38 bits per heavy atom. The minimum atomic E-state index is 0.0432. The molecule has 1 aliphatic carbocycles. The Morgan fingerprint density at radius 2 is 1.71 bits per heavy atom. The van der Waals surface area contributed by atoms with Crippen LogP contribution in [0.2, 0.25) is 0 Å². The molecule has 126 valence electrons. The molecule has 0 aliphatic heterocycles. The fraction of sp³-hybridized carbons (Fsp3) is 1.00. The molecule has 0 aromatic rings.